The zero-order valence-electron chi connectivity index (χ0n) is 6.02. The molecule has 0 spiro atoms. The Morgan fingerprint density at radius 1 is 1.30 bits per heavy atom. The van der Waals surface area contributed by atoms with Crippen molar-refractivity contribution < 1.29 is 19.7 Å². The molecule has 10 heavy (non-hydrogen) atoms. The van der Waals surface area contributed by atoms with Crippen LogP contribution in [-0.2, 0) is 9.47 Å². The molecule has 0 aliphatic carbocycles. The normalized spacial score (nSPS) is 48.0. The third kappa shape index (κ3) is 1.15. The van der Waals surface area contributed by atoms with Crippen LogP contribution in [0.2, 0.25) is 0 Å². The van der Waals surface area contributed by atoms with E-state index in [2.05, 4.69) is 0 Å². The van der Waals surface area contributed by atoms with Crippen molar-refractivity contribution in [3.63, 3.8) is 0 Å². The van der Waals surface area contributed by atoms with Crippen LogP contribution in [0.1, 0.15) is 6.92 Å². The van der Waals surface area contributed by atoms with Crippen molar-refractivity contribution in [2.45, 2.75) is 31.5 Å². The predicted octanol–water partition coefficient (Wildman–Crippen LogP) is -0.901. The van der Waals surface area contributed by atoms with Crippen LogP contribution in [-0.4, -0.2) is 41.9 Å². The first-order valence-corrected chi connectivity index (χ1v) is 3.21. The Morgan fingerprint density at radius 2 is 1.90 bits per heavy atom. The number of methoxy groups -OCH3 is 1. The molecule has 0 radical (unpaired) electrons. The Kier molecular flexibility index (Phi) is 2.25. The van der Waals surface area contributed by atoms with E-state index >= 15 is 0 Å². The van der Waals surface area contributed by atoms with Crippen molar-refractivity contribution in [2.24, 2.45) is 0 Å². The summed E-state index contributed by atoms with van der Waals surface area (Å²) < 4.78 is 9.74. The monoisotopic (exact) mass is 148 g/mol. The van der Waals surface area contributed by atoms with Gasteiger partial charge in [0.15, 0.2) is 6.29 Å². The van der Waals surface area contributed by atoms with E-state index in [0.717, 1.165) is 0 Å². The summed E-state index contributed by atoms with van der Waals surface area (Å²) in [6.45, 7) is 1.69. The van der Waals surface area contributed by atoms with Crippen LogP contribution in [0.4, 0.5) is 0 Å². The molecular weight excluding hydrogens is 136 g/mol. The number of hydrogen-bond acceptors (Lipinski definition) is 4. The Morgan fingerprint density at radius 3 is 2.10 bits per heavy atom. The molecule has 0 amide bonds. The molecule has 1 fully saturated rings. The second-order valence-corrected chi connectivity index (χ2v) is 2.43. The average molecular weight is 148 g/mol. The van der Waals surface area contributed by atoms with Crippen LogP contribution in [0.15, 0.2) is 0 Å². The maximum atomic E-state index is 9.13. The minimum absolute atomic E-state index is 0.347. The van der Waals surface area contributed by atoms with Crippen LogP contribution in [0, 0.1) is 0 Å². The van der Waals surface area contributed by atoms with Gasteiger partial charge in [-0.15, -0.1) is 0 Å². The number of hydrogen-bond donors (Lipinski definition) is 2. The lowest BCUT2D eigenvalue weighted by molar-refractivity contribution is -0.146. The summed E-state index contributed by atoms with van der Waals surface area (Å²) in [5.74, 6) is 0. The van der Waals surface area contributed by atoms with Crippen LogP contribution in [0.5, 0.6) is 0 Å². The van der Waals surface area contributed by atoms with Gasteiger partial charge in [0, 0.05) is 7.11 Å². The zero-order chi connectivity index (χ0) is 7.72. The maximum absolute atomic E-state index is 9.13. The van der Waals surface area contributed by atoms with Gasteiger partial charge in [-0.25, -0.2) is 0 Å². The highest BCUT2D eigenvalue weighted by molar-refractivity contribution is 4.83. The molecule has 0 aromatic rings. The summed E-state index contributed by atoms with van der Waals surface area (Å²) in [6, 6.07) is 0. The molecule has 2 N–H and O–H groups in total. The highest BCUT2D eigenvalue weighted by atomic mass is 16.7. The predicted molar refractivity (Wildman–Crippen MR) is 33.4 cm³/mol. The molecular formula is C6H12O4. The van der Waals surface area contributed by atoms with Gasteiger partial charge in [0.1, 0.15) is 12.2 Å². The molecule has 4 nitrogen and oxygen atoms in total. The van der Waals surface area contributed by atoms with Gasteiger partial charge in [-0.05, 0) is 6.92 Å². The van der Waals surface area contributed by atoms with E-state index in [1.165, 1.54) is 7.11 Å². The lowest BCUT2D eigenvalue weighted by Gasteiger charge is -2.11. The molecule has 1 saturated heterocycles. The molecule has 0 aromatic heterocycles. The van der Waals surface area contributed by atoms with Crippen LogP contribution in [0.25, 0.3) is 0 Å². The third-order valence-corrected chi connectivity index (χ3v) is 1.69. The fourth-order valence-electron chi connectivity index (χ4n) is 1.01. The lowest BCUT2D eigenvalue weighted by atomic mass is 10.2. The Labute approximate surface area is 59.4 Å². The molecule has 0 aromatic carbocycles. The molecule has 0 unspecified atom stereocenters. The third-order valence-electron chi connectivity index (χ3n) is 1.69. The average Bonchev–Trinajstić information content (AvgIpc) is 2.17. The van der Waals surface area contributed by atoms with Crippen LogP contribution < -0.4 is 0 Å². The smallest absolute Gasteiger partial charge is 0.186 e. The molecule has 0 bridgehead atoms. The number of aliphatic hydroxyl groups is 2. The molecule has 0 saturated carbocycles. The topological polar surface area (TPSA) is 58.9 Å². The van der Waals surface area contributed by atoms with E-state index in [0.29, 0.717) is 0 Å². The summed E-state index contributed by atoms with van der Waals surface area (Å²) in [5.41, 5.74) is 0. The number of aliphatic hydroxyl groups excluding tert-OH is 2. The molecule has 1 heterocycles. The molecule has 4 heteroatoms. The molecule has 1 aliphatic heterocycles. The largest absolute Gasteiger partial charge is 0.388 e. The minimum atomic E-state index is -0.917. The SMILES string of the molecule is CO[C@@H]1O[C@H](C)[C@H](O)[C@H]1O. The van der Waals surface area contributed by atoms with E-state index in [9.17, 15) is 0 Å². The summed E-state index contributed by atoms with van der Waals surface area (Å²) in [4.78, 5) is 0. The van der Waals surface area contributed by atoms with Gasteiger partial charge in [0.25, 0.3) is 0 Å². The van der Waals surface area contributed by atoms with Gasteiger partial charge in [0.05, 0.1) is 6.10 Å². The summed E-state index contributed by atoms with van der Waals surface area (Å²) in [5, 5.41) is 18.2. The van der Waals surface area contributed by atoms with Crippen LogP contribution in [0.3, 0.4) is 0 Å². The first-order valence-electron chi connectivity index (χ1n) is 3.21. The molecule has 4 atom stereocenters. The first-order chi connectivity index (χ1) is 4.66. The van der Waals surface area contributed by atoms with E-state index in [1.807, 2.05) is 0 Å². The quantitative estimate of drug-likeness (QED) is 0.506. The summed E-state index contributed by atoms with van der Waals surface area (Å²) >= 11 is 0. The Hall–Kier alpha value is -0.160. The molecule has 1 rings (SSSR count). The molecule has 60 valence electrons. The second-order valence-electron chi connectivity index (χ2n) is 2.43. The minimum Gasteiger partial charge on any atom is -0.388 e. The van der Waals surface area contributed by atoms with Crippen molar-refractivity contribution in [3.8, 4) is 0 Å². The second kappa shape index (κ2) is 2.84. The van der Waals surface area contributed by atoms with Gasteiger partial charge in [0.2, 0.25) is 0 Å². The number of rotatable bonds is 1. The van der Waals surface area contributed by atoms with Crippen molar-refractivity contribution in [1.82, 2.24) is 0 Å². The van der Waals surface area contributed by atoms with Crippen molar-refractivity contribution in [1.29, 1.82) is 0 Å². The van der Waals surface area contributed by atoms with E-state index < -0.39 is 18.5 Å². The fourth-order valence-corrected chi connectivity index (χ4v) is 1.01. The lowest BCUT2D eigenvalue weighted by Crippen LogP contribution is -2.32. The summed E-state index contributed by atoms with van der Waals surface area (Å²) in [6.07, 6.45) is -2.77. The van der Waals surface area contributed by atoms with Crippen molar-refractivity contribution in [3.05, 3.63) is 0 Å². The van der Waals surface area contributed by atoms with Crippen molar-refractivity contribution >= 4 is 0 Å². The zero-order valence-corrected chi connectivity index (χ0v) is 6.02. The van der Waals surface area contributed by atoms with Gasteiger partial charge >= 0.3 is 0 Å². The Balaban J connectivity index is 2.53. The number of ether oxygens (including phenoxy) is 2. The van der Waals surface area contributed by atoms with Gasteiger partial charge in [-0.1, -0.05) is 0 Å². The van der Waals surface area contributed by atoms with E-state index in [-0.39, 0.29) is 6.10 Å². The van der Waals surface area contributed by atoms with Crippen molar-refractivity contribution in [2.75, 3.05) is 7.11 Å². The van der Waals surface area contributed by atoms with Gasteiger partial charge in [-0.2, -0.15) is 0 Å². The standard InChI is InChI=1S/C6H12O4/c1-3-4(7)5(8)6(9-2)10-3/h3-8H,1-2H3/t3-,4+,5-,6-/m1/s1. The Bertz CT molecular complexity index is 116. The summed E-state index contributed by atoms with van der Waals surface area (Å²) in [7, 11) is 1.43. The van der Waals surface area contributed by atoms with Gasteiger partial charge in [-0.3, -0.25) is 0 Å². The van der Waals surface area contributed by atoms with Crippen LogP contribution >= 0.6 is 0 Å². The fraction of sp³-hybridized carbons (Fsp3) is 1.00. The molecule has 1 aliphatic rings. The highest BCUT2D eigenvalue weighted by Gasteiger charge is 2.40. The first kappa shape index (κ1) is 7.94. The highest BCUT2D eigenvalue weighted by Crippen LogP contribution is 2.20. The van der Waals surface area contributed by atoms with Gasteiger partial charge < -0.3 is 19.7 Å². The maximum Gasteiger partial charge on any atom is 0.186 e. The van der Waals surface area contributed by atoms with E-state index in [1.54, 1.807) is 6.92 Å². The van der Waals surface area contributed by atoms with E-state index in [4.69, 9.17) is 19.7 Å².